The number of piperidine rings is 1. The minimum atomic E-state index is -0.652. The predicted molar refractivity (Wildman–Crippen MR) is 76.8 cm³/mol. The van der Waals surface area contributed by atoms with Gasteiger partial charge in [-0.15, -0.1) is 0 Å². The maximum Gasteiger partial charge on any atom is 0.294 e. The van der Waals surface area contributed by atoms with Gasteiger partial charge < -0.3 is 10.2 Å². The van der Waals surface area contributed by atoms with Crippen LogP contribution in [0.2, 0.25) is 5.02 Å². The third-order valence-electron chi connectivity index (χ3n) is 3.68. The molecule has 5 nitrogen and oxygen atoms in total. The van der Waals surface area contributed by atoms with Crippen LogP contribution in [0, 0.1) is 21.8 Å². The van der Waals surface area contributed by atoms with Crippen molar-refractivity contribution in [3.63, 3.8) is 0 Å². The van der Waals surface area contributed by atoms with E-state index in [2.05, 4.69) is 17.1 Å². The molecule has 1 aliphatic heterocycles. The van der Waals surface area contributed by atoms with Gasteiger partial charge in [0.25, 0.3) is 5.69 Å². The van der Waals surface area contributed by atoms with Gasteiger partial charge in [0.05, 0.1) is 9.95 Å². The molecule has 110 valence electrons. The summed E-state index contributed by atoms with van der Waals surface area (Å²) in [7, 11) is 2.04. The van der Waals surface area contributed by atoms with Gasteiger partial charge in [0, 0.05) is 24.7 Å². The Hall–Kier alpha value is -1.40. The zero-order chi connectivity index (χ0) is 14.9. The smallest absolute Gasteiger partial charge is 0.294 e. The highest BCUT2D eigenvalue weighted by molar-refractivity contribution is 6.31. The molecule has 0 bridgehead atoms. The molecule has 0 aromatic heterocycles. The third kappa shape index (κ3) is 3.19. The van der Waals surface area contributed by atoms with Crippen LogP contribution in [0.15, 0.2) is 12.1 Å². The second-order valence-electron chi connectivity index (χ2n) is 5.32. The van der Waals surface area contributed by atoms with E-state index >= 15 is 0 Å². The lowest BCUT2D eigenvalue weighted by atomic mass is 9.94. The van der Waals surface area contributed by atoms with Gasteiger partial charge in [-0.25, -0.2) is 4.39 Å². The molecule has 1 aliphatic rings. The molecule has 2 unspecified atom stereocenters. The number of nitro benzene ring substituents is 1. The van der Waals surface area contributed by atoms with Crippen molar-refractivity contribution in [3.8, 4) is 0 Å². The highest BCUT2D eigenvalue weighted by atomic mass is 35.5. The van der Waals surface area contributed by atoms with Crippen LogP contribution in [0.4, 0.5) is 15.8 Å². The molecule has 0 aliphatic carbocycles. The van der Waals surface area contributed by atoms with Crippen molar-refractivity contribution in [3.05, 3.63) is 33.1 Å². The Morgan fingerprint density at radius 3 is 2.85 bits per heavy atom. The number of nitro groups is 1. The van der Waals surface area contributed by atoms with Crippen LogP contribution in [0.5, 0.6) is 0 Å². The number of nitrogens with zero attached hydrogens (tertiary/aromatic N) is 2. The van der Waals surface area contributed by atoms with Gasteiger partial charge in [0.15, 0.2) is 0 Å². The number of nitrogens with one attached hydrogen (secondary N) is 1. The summed E-state index contributed by atoms with van der Waals surface area (Å²) in [6.45, 7) is 3.89. The lowest BCUT2D eigenvalue weighted by Crippen LogP contribution is -2.43. The number of likely N-dealkylation sites (tertiary alicyclic amines) is 1. The molecule has 1 saturated heterocycles. The van der Waals surface area contributed by atoms with Gasteiger partial charge in [-0.2, -0.15) is 0 Å². The second kappa shape index (κ2) is 5.93. The largest absolute Gasteiger partial charge is 0.376 e. The third-order valence-corrected chi connectivity index (χ3v) is 3.97. The Kier molecular flexibility index (Phi) is 4.45. The normalized spacial score (nSPS) is 23.6. The molecule has 1 N–H and O–H groups in total. The molecule has 20 heavy (non-hydrogen) atoms. The van der Waals surface area contributed by atoms with Crippen LogP contribution in [-0.2, 0) is 0 Å². The SMILES string of the molecule is CC1CN(C)CCC1Nc1cc(F)c(Cl)cc1[N+](=O)[O-]. The summed E-state index contributed by atoms with van der Waals surface area (Å²) in [5.74, 6) is -0.326. The zero-order valence-corrected chi connectivity index (χ0v) is 12.2. The van der Waals surface area contributed by atoms with E-state index in [0.717, 1.165) is 31.6 Å². The minimum absolute atomic E-state index is 0.0884. The van der Waals surface area contributed by atoms with Crippen molar-refractivity contribution in [1.82, 2.24) is 4.90 Å². The number of anilines is 1. The Bertz CT molecular complexity index is 527. The highest BCUT2D eigenvalue weighted by Gasteiger charge is 2.27. The number of rotatable bonds is 3. The topological polar surface area (TPSA) is 58.4 Å². The van der Waals surface area contributed by atoms with Gasteiger partial charge in [-0.1, -0.05) is 18.5 Å². The maximum atomic E-state index is 13.5. The summed E-state index contributed by atoms with van der Waals surface area (Å²) >= 11 is 5.61. The molecule has 0 amide bonds. The molecule has 0 spiro atoms. The molecular formula is C13H17ClFN3O2. The fraction of sp³-hybridized carbons (Fsp3) is 0.538. The van der Waals surface area contributed by atoms with Crippen LogP contribution < -0.4 is 5.32 Å². The second-order valence-corrected chi connectivity index (χ2v) is 5.73. The molecule has 1 heterocycles. The predicted octanol–water partition coefficient (Wildman–Crippen LogP) is 3.14. The van der Waals surface area contributed by atoms with Crippen molar-refractivity contribution >= 4 is 23.0 Å². The number of hydrogen-bond acceptors (Lipinski definition) is 4. The average Bonchev–Trinajstić information content (AvgIpc) is 2.36. The molecule has 1 fully saturated rings. The summed E-state index contributed by atoms with van der Waals surface area (Å²) in [4.78, 5) is 12.7. The average molecular weight is 302 g/mol. The molecule has 1 aromatic rings. The summed E-state index contributed by atoms with van der Waals surface area (Å²) in [5, 5.41) is 13.9. The molecule has 2 atom stereocenters. The molecule has 0 radical (unpaired) electrons. The lowest BCUT2D eigenvalue weighted by Gasteiger charge is -2.35. The number of benzene rings is 1. The first-order valence-corrected chi connectivity index (χ1v) is 6.84. The van der Waals surface area contributed by atoms with E-state index in [1.165, 1.54) is 0 Å². The Morgan fingerprint density at radius 1 is 1.55 bits per heavy atom. The van der Waals surface area contributed by atoms with E-state index in [9.17, 15) is 14.5 Å². The van der Waals surface area contributed by atoms with Crippen molar-refractivity contribution in [2.45, 2.75) is 19.4 Å². The Morgan fingerprint density at radius 2 is 2.25 bits per heavy atom. The van der Waals surface area contributed by atoms with Crippen LogP contribution in [-0.4, -0.2) is 36.0 Å². The summed E-state index contributed by atoms with van der Waals surface area (Å²) in [5.41, 5.74) is 0.000770. The quantitative estimate of drug-likeness (QED) is 0.688. The molecular weight excluding hydrogens is 285 g/mol. The number of halogens is 2. The zero-order valence-electron chi connectivity index (χ0n) is 11.4. The van der Waals surface area contributed by atoms with Gasteiger partial charge in [-0.05, 0) is 25.9 Å². The molecule has 2 rings (SSSR count). The van der Waals surface area contributed by atoms with Crippen molar-refractivity contribution < 1.29 is 9.31 Å². The van der Waals surface area contributed by atoms with E-state index in [4.69, 9.17) is 11.6 Å². The Labute approximate surface area is 121 Å². The molecule has 7 heteroatoms. The van der Waals surface area contributed by atoms with Crippen molar-refractivity contribution in [1.29, 1.82) is 0 Å². The first-order valence-electron chi connectivity index (χ1n) is 6.47. The summed E-state index contributed by atoms with van der Waals surface area (Å²) < 4.78 is 13.5. The lowest BCUT2D eigenvalue weighted by molar-refractivity contribution is -0.384. The van der Waals surface area contributed by atoms with E-state index in [1.807, 2.05) is 7.05 Å². The van der Waals surface area contributed by atoms with E-state index < -0.39 is 10.7 Å². The van der Waals surface area contributed by atoms with Gasteiger partial charge >= 0.3 is 0 Å². The fourth-order valence-electron chi connectivity index (χ4n) is 2.57. The fourth-order valence-corrected chi connectivity index (χ4v) is 2.73. The minimum Gasteiger partial charge on any atom is -0.376 e. The first kappa shape index (κ1) is 15.0. The Balaban J connectivity index is 2.24. The van der Waals surface area contributed by atoms with Crippen LogP contribution in [0.3, 0.4) is 0 Å². The molecule has 1 aromatic carbocycles. The summed E-state index contributed by atoms with van der Waals surface area (Å²) in [6.07, 6.45) is 0.860. The van der Waals surface area contributed by atoms with Gasteiger partial charge in [0.2, 0.25) is 0 Å². The standard InChI is InChI=1S/C13H17ClFN3O2/c1-8-7-17(2)4-3-11(8)16-12-6-10(15)9(14)5-13(12)18(19)20/h5-6,8,11,16H,3-4,7H2,1-2H3. The summed E-state index contributed by atoms with van der Waals surface area (Å²) in [6, 6.07) is 2.25. The van der Waals surface area contributed by atoms with Gasteiger partial charge in [0.1, 0.15) is 11.5 Å². The van der Waals surface area contributed by atoms with Crippen LogP contribution in [0.25, 0.3) is 0 Å². The van der Waals surface area contributed by atoms with E-state index in [1.54, 1.807) is 0 Å². The first-order chi connectivity index (χ1) is 9.38. The van der Waals surface area contributed by atoms with Crippen LogP contribution >= 0.6 is 11.6 Å². The van der Waals surface area contributed by atoms with E-state index in [0.29, 0.717) is 5.92 Å². The monoisotopic (exact) mass is 301 g/mol. The number of hydrogen-bond donors (Lipinski definition) is 1. The van der Waals surface area contributed by atoms with Crippen molar-refractivity contribution in [2.24, 2.45) is 5.92 Å². The maximum absolute atomic E-state index is 13.5. The van der Waals surface area contributed by atoms with E-state index in [-0.39, 0.29) is 22.4 Å². The van der Waals surface area contributed by atoms with Crippen LogP contribution in [0.1, 0.15) is 13.3 Å². The highest BCUT2D eigenvalue weighted by Crippen LogP contribution is 2.32. The van der Waals surface area contributed by atoms with Crippen molar-refractivity contribution in [2.75, 3.05) is 25.5 Å². The van der Waals surface area contributed by atoms with Gasteiger partial charge in [-0.3, -0.25) is 10.1 Å². The molecule has 0 saturated carbocycles.